The van der Waals surface area contributed by atoms with Gasteiger partial charge in [-0.1, -0.05) is 85.6 Å². The second kappa shape index (κ2) is 8.37. The maximum absolute atomic E-state index is 8.71. The van der Waals surface area contributed by atoms with Crippen LogP contribution in [0.3, 0.4) is 0 Å². The Morgan fingerprint density at radius 1 is 0.781 bits per heavy atom. The maximum Gasteiger partial charge on any atom is 0.0880 e. The number of pyridine rings is 1. The molecule has 0 aliphatic carbocycles. The molecule has 0 aliphatic rings. The molecule has 2 heterocycles. The molecule has 0 fully saturated rings. The quantitative estimate of drug-likeness (QED) is 0.274. The fraction of sp³-hybridized carbons (Fsp3) is 0.167. The summed E-state index contributed by atoms with van der Waals surface area (Å²) in [4.78, 5) is 5.78. The molecule has 0 radical (unpaired) electrons. The van der Waals surface area contributed by atoms with Gasteiger partial charge in [0.2, 0.25) is 0 Å². The van der Waals surface area contributed by atoms with Gasteiger partial charge in [0.1, 0.15) is 0 Å². The second-order valence-electron chi connectivity index (χ2n) is 8.54. The standard InChI is InChI=1S/C30H27NS/c1-19(2)27-26-14-15-31-28(25-17-20(3)16-21(4)18-25)30(26)32-29(27)24-12-10-23(11-13-24)22-8-6-5-7-9-22/h5-19H,1-4H3/i15D,16D,17D. The SMILES string of the molecule is [2H]c1cc2c(C(C)C)c(-c3ccc(-c4ccccc4)cc3)sc2c(-c2cc(C)c([2H])c(C)c2[2H])n1. The Hall–Kier alpha value is -3.23. The summed E-state index contributed by atoms with van der Waals surface area (Å²) < 4.78 is 26.4. The first-order chi connectivity index (χ1) is 16.8. The van der Waals surface area contributed by atoms with Crippen molar-refractivity contribution in [1.82, 2.24) is 4.98 Å². The summed E-state index contributed by atoms with van der Waals surface area (Å²) in [5, 5.41) is 1.03. The minimum absolute atomic E-state index is 0.197. The third kappa shape index (κ3) is 3.76. The molecule has 2 aromatic heterocycles. The van der Waals surface area contributed by atoms with Crippen molar-refractivity contribution >= 4 is 21.4 Å². The molecule has 0 N–H and O–H groups in total. The lowest BCUT2D eigenvalue weighted by molar-refractivity contribution is 0.882. The van der Waals surface area contributed by atoms with Gasteiger partial charge in [-0.25, -0.2) is 0 Å². The van der Waals surface area contributed by atoms with Crippen LogP contribution in [0.15, 0.2) is 85.0 Å². The highest BCUT2D eigenvalue weighted by Crippen LogP contribution is 2.45. The van der Waals surface area contributed by atoms with Gasteiger partial charge in [-0.15, -0.1) is 11.3 Å². The van der Waals surface area contributed by atoms with Gasteiger partial charge in [0.05, 0.1) is 14.5 Å². The predicted octanol–water partition coefficient (Wildman–Crippen LogP) is 9.04. The largest absolute Gasteiger partial charge is 0.255 e. The number of aryl methyl sites for hydroxylation is 1. The number of fused-ring (bicyclic) bond motifs is 1. The Kier molecular flexibility index (Phi) is 4.53. The van der Waals surface area contributed by atoms with Gasteiger partial charge in [0.15, 0.2) is 0 Å². The smallest absolute Gasteiger partial charge is 0.0880 e. The molecule has 1 nitrogen and oxygen atoms in total. The molecule has 5 aromatic rings. The van der Waals surface area contributed by atoms with Crippen LogP contribution in [-0.2, 0) is 0 Å². The van der Waals surface area contributed by atoms with Gasteiger partial charge < -0.3 is 0 Å². The van der Waals surface area contributed by atoms with E-state index in [4.69, 9.17) is 4.11 Å². The Labute approximate surface area is 198 Å². The van der Waals surface area contributed by atoms with Crippen molar-refractivity contribution in [3.8, 4) is 32.8 Å². The van der Waals surface area contributed by atoms with E-state index in [1.165, 1.54) is 21.6 Å². The van der Waals surface area contributed by atoms with E-state index in [1.807, 2.05) is 32.0 Å². The van der Waals surface area contributed by atoms with E-state index in [0.29, 0.717) is 28.9 Å². The summed E-state index contributed by atoms with van der Waals surface area (Å²) in [6.07, 6.45) is 0.197. The first-order valence-corrected chi connectivity index (χ1v) is 11.8. The van der Waals surface area contributed by atoms with Crippen LogP contribution in [0.25, 0.3) is 42.9 Å². The molecule has 3 aromatic carbocycles. The van der Waals surface area contributed by atoms with Crippen molar-refractivity contribution in [1.29, 1.82) is 0 Å². The van der Waals surface area contributed by atoms with Crippen LogP contribution < -0.4 is 0 Å². The van der Waals surface area contributed by atoms with Crippen molar-refractivity contribution in [3.05, 3.63) is 102 Å². The topological polar surface area (TPSA) is 12.9 Å². The van der Waals surface area contributed by atoms with E-state index in [2.05, 4.69) is 67.4 Å². The number of hydrogen-bond donors (Lipinski definition) is 0. The molecule has 158 valence electrons. The lowest BCUT2D eigenvalue weighted by atomic mass is 9.95. The number of thiophene rings is 1. The molecule has 0 saturated carbocycles. The van der Waals surface area contributed by atoms with Gasteiger partial charge in [-0.2, -0.15) is 0 Å². The Balaban J connectivity index is 1.74. The van der Waals surface area contributed by atoms with E-state index in [-0.39, 0.29) is 12.1 Å². The molecule has 0 atom stereocenters. The maximum atomic E-state index is 8.71. The van der Waals surface area contributed by atoms with Crippen LogP contribution in [0.1, 0.15) is 40.6 Å². The van der Waals surface area contributed by atoms with Crippen LogP contribution in [0.5, 0.6) is 0 Å². The number of aromatic nitrogens is 1. The number of nitrogens with zero attached hydrogens (tertiary/aromatic N) is 1. The monoisotopic (exact) mass is 436 g/mol. The Morgan fingerprint density at radius 2 is 1.47 bits per heavy atom. The average molecular weight is 437 g/mol. The van der Waals surface area contributed by atoms with Crippen molar-refractivity contribution in [2.24, 2.45) is 0 Å². The Bertz CT molecular complexity index is 1550. The molecule has 5 rings (SSSR count). The molecular formula is C30H27NS. The number of benzene rings is 3. The lowest BCUT2D eigenvalue weighted by Crippen LogP contribution is -1.90. The molecule has 0 unspecified atom stereocenters. The molecule has 0 spiro atoms. The number of hydrogen-bond acceptors (Lipinski definition) is 2. The summed E-state index contributed by atoms with van der Waals surface area (Å²) in [6, 6.07) is 23.5. The second-order valence-corrected chi connectivity index (χ2v) is 9.56. The highest BCUT2D eigenvalue weighted by molar-refractivity contribution is 7.23. The predicted molar refractivity (Wildman–Crippen MR) is 139 cm³/mol. The summed E-state index contributed by atoms with van der Waals surface area (Å²) in [6.45, 7) is 8.09. The zero-order chi connectivity index (χ0) is 24.9. The van der Waals surface area contributed by atoms with E-state index >= 15 is 0 Å². The average Bonchev–Trinajstić information content (AvgIpc) is 3.25. The van der Waals surface area contributed by atoms with Gasteiger partial charge in [-0.05, 0) is 60.2 Å². The molecule has 2 heteroatoms. The van der Waals surface area contributed by atoms with Crippen LogP contribution in [0.2, 0.25) is 0 Å². The van der Waals surface area contributed by atoms with Crippen molar-refractivity contribution in [2.45, 2.75) is 33.6 Å². The normalized spacial score (nSPS) is 12.7. The molecule has 32 heavy (non-hydrogen) atoms. The zero-order valence-electron chi connectivity index (χ0n) is 21.8. The third-order valence-corrected chi connectivity index (χ3v) is 7.02. The van der Waals surface area contributed by atoms with Crippen LogP contribution in [0, 0.1) is 13.8 Å². The van der Waals surface area contributed by atoms with Crippen molar-refractivity contribution < 1.29 is 4.11 Å². The molecule has 0 aliphatic heterocycles. The summed E-state index contributed by atoms with van der Waals surface area (Å²) in [5.74, 6) is 0.261. The molecule has 0 saturated heterocycles. The fourth-order valence-electron chi connectivity index (χ4n) is 4.35. The minimum Gasteiger partial charge on any atom is -0.255 e. The van der Waals surface area contributed by atoms with Crippen LogP contribution in [-0.4, -0.2) is 4.98 Å². The van der Waals surface area contributed by atoms with E-state index in [1.54, 1.807) is 11.3 Å². The zero-order valence-corrected chi connectivity index (χ0v) is 19.6. The number of rotatable bonds is 4. The highest BCUT2D eigenvalue weighted by Gasteiger charge is 2.20. The molecule has 0 bridgehead atoms. The molecule has 0 amide bonds. The minimum atomic E-state index is 0.197. The van der Waals surface area contributed by atoms with E-state index in [9.17, 15) is 0 Å². The fourth-order valence-corrected chi connectivity index (χ4v) is 5.79. The van der Waals surface area contributed by atoms with Gasteiger partial charge >= 0.3 is 0 Å². The first-order valence-electron chi connectivity index (χ1n) is 12.4. The first kappa shape index (κ1) is 17.3. The summed E-state index contributed by atoms with van der Waals surface area (Å²) >= 11 is 1.69. The lowest BCUT2D eigenvalue weighted by Gasteiger charge is -2.10. The summed E-state index contributed by atoms with van der Waals surface area (Å²) in [5.41, 5.74) is 7.55. The summed E-state index contributed by atoms with van der Waals surface area (Å²) in [7, 11) is 0. The molecular weight excluding hydrogens is 406 g/mol. The van der Waals surface area contributed by atoms with Crippen molar-refractivity contribution in [3.63, 3.8) is 0 Å². The van der Waals surface area contributed by atoms with E-state index < -0.39 is 0 Å². The van der Waals surface area contributed by atoms with Crippen LogP contribution >= 0.6 is 11.3 Å². The third-order valence-electron chi connectivity index (χ3n) is 5.74. The van der Waals surface area contributed by atoms with Crippen molar-refractivity contribution in [2.75, 3.05) is 0 Å². The Morgan fingerprint density at radius 3 is 2.19 bits per heavy atom. The van der Waals surface area contributed by atoms with Gasteiger partial charge in [-0.3, -0.25) is 4.98 Å². The van der Waals surface area contributed by atoms with E-state index in [0.717, 1.165) is 21.2 Å². The van der Waals surface area contributed by atoms with Gasteiger partial charge in [0.25, 0.3) is 0 Å². The van der Waals surface area contributed by atoms with Gasteiger partial charge in [0, 0.05) is 22.0 Å². The van der Waals surface area contributed by atoms with Crippen LogP contribution in [0.4, 0.5) is 0 Å². The highest BCUT2D eigenvalue weighted by atomic mass is 32.1.